The van der Waals surface area contributed by atoms with Crippen LogP contribution in [0.4, 0.5) is 10.5 Å². The Morgan fingerprint density at radius 3 is 2.57 bits per heavy atom. The maximum Gasteiger partial charge on any atom is 0.338 e. The second-order valence-electron chi connectivity index (χ2n) is 6.06. The molecule has 0 saturated carbocycles. The summed E-state index contributed by atoms with van der Waals surface area (Å²) in [7, 11) is 0. The Kier molecular flexibility index (Phi) is 6.87. The molecule has 0 unspecified atom stereocenters. The standard InChI is InChI=1S/C21H18N2O6S/c1-2-28-20(26)14-6-8-15(9-7-14)22-18(24)12-29-16-5-3-4-13(10-16)11-17-19(25)23-21(27)30-17/h3-11H,2,12H2,1H3,(H,22,24)(H,23,25,27)/b17-11-. The van der Waals surface area contributed by atoms with Gasteiger partial charge in [-0.05, 0) is 66.7 Å². The minimum atomic E-state index is -0.440. The Hall–Kier alpha value is -3.59. The van der Waals surface area contributed by atoms with Gasteiger partial charge >= 0.3 is 5.97 Å². The lowest BCUT2D eigenvalue weighted by atomic mass is 10.2. The fraction of sp³-hybridized carbons (Fsp3) is 0.143. The van der Waals surface area contributed by atoms with Gasteiger partial charge in [-0.15, -0.1) is 0 Å². The molecule has 3 amide bonds. The van der Waals surface area contributed by atoms with Crippen LogP contribution in [0.5, 0.6) is 5.75 Å². The van der Waals surface area contributed by atoms with Gasteiger partial charge in [-0.25, -0.2) is 4.79 Å². The van der Waals surface area contributed by atoms with E-state index in [1.165, 1.54) is 0 Å². The summed E-state index contributed by atoms with van der Waals surface area (Å²) in [6, 6.07) is 13.1. The van der Waals surface area contributed by atoms with Crippen molar-refractivity contribution in [2.45, 2.75) is 6.92 Å². The second kappa shape index (κ2) is 9.75. The summed E-state index contributed by atoms with van der Waals surface area (Å²) in [5.74, 6) is -0.804. The monoisotopic (exact) mass is 426 g/mol. The van der Waals surface area contributed by atoms with Crippen LogP contribution in [0.1, 0.15) is 22.8 Å². The van der Waals surface area contributed by atoms with Crippen molar-refractivity contribution in [3.8, 4) is 5.75 Å². The highest BCUT2D eigenvalue weighted by Gasteiger charge is 2.24. The van der Waals surface area contributed by atoms with Crippen LogP contribution in [-0.2, 0) is 14.3 Å². The summed E-state index contributed by atoms with van der Waals surface area (Å²) >= 11 is 0.827. The molecule has 30 heavy (non-hydrogen) atoms. The zero-order valence-electron chi connectivity index (χ0n) is 16.0. The van der Waals surface area contributed by atoms with Gasteiger partial charge in [-0.3, -0.25) is 19.7 Å². The van der Waals surface area contributed by atoms with Gasteiger partial charge in [0.2, 0.25) is 0 Å². The van der Waals surface area contributed by atoms with Gasteiger partial charge in [-0.1, -0.05) is 12.1 Å². The number of carbonyl (C=O) groups is 4. The Balaban J connectivity index is 1.55. The fourth-order valence-corrected chi connectivity index (χ4v) is 3.20. The van der Waals surface area contributed by atoms with Crippen molar-refractivity contribution in [3.63, 3.8) is 0 Å². The van der Waals surface area contributed by atoms with E-state index >= 15 is 0 Å². The van der Waals surface area contributed by atoms with E-state index in [4.69, 9.17) is 9.47 Å². The number of benzene rings is 2. The third-order valence-electron chi connectivity index (χ3n) is 3.85. The molecular formula is C21H18N2O6S. The number of rotatable bonds is 7. The highest BCUT2D eigenvalue weighted by molar-refractivity contribution is 8.18. The summed E-state index contributed by atoms with van der Waals surface area (Å²) in [5, 5.41) is 4.45. The summed E-state index contributed by atoms with van der Waals surface area (Å²) in [6.07, 6.45) is 1.57. The average Bonchev–Trinajstić information content (AvgIpc) is 3.04. The van der Waals surface area contributed by atoms with Crippen LogP contribution in [0.2, 0.25) is 0 Å². The van der Waals surface area contributed by atoms with Crippen molar-refractivity contribution in [1.82, 2.24) is 5.32 Å². The average molecular weight is 426 g/mol. The number of esters is 1. The molecule has 0 aromatic heterocycles. The molecule has 3 rings (SSSR count). The minimum Gasteiger partial charge on any atom is -0.484 e. The maximum atomic E-state index is 12.1. The van der Waals surface area contributed by atoms with E-state index in [1.807, 2.05) is 0 Å². The number of hydrogen-bond donors (Lipinski definition) is 2. The SMILES string of the molecule is CCOC(=O)c1ccc(NC(=O)COc2cccc(/C=C3\SC(=O)NC3=O)c2)cc1. The minimum absolute atomic E-state index is 0.229. The summed E-state index contributed by atoms with van der Waals surface area (Å²) in [4.78, 5) is 46.9. The van der Waals surface area contributed by atoms with Crippen molar-refractivity contribution in [2.24, 2.45) is 0 Å². The first-order valence-corrected chi connectivity index (χ1v) is 9.81. The lowest BCUT2D eigenvalue weighted by Gasteiger charge is -2.09. The molecule has 154 valence electrons. The van der Waals surface area contributed by atoms with Crippen molar-refractivity contribution in [1.29, 1.82) is 0 Å². The molecule has 1 saturated heterocycles. The lowest BCUT2D eigenvalue weighted by Crippen LogP contribution is -2.20. The van der Waals surface area contributed by atoms with Crippen LogP contribution in [0.25, 0.3) is 6.08 Å². The first-order valence-electron chi connectivity index (χ1n) is 8.99. The molecule has 9 heteroatoms. The Morgan fingerprint density at radius 1 is 1.13 bits per heavy atom. The van der Waals surface area contributed by atoms with Crippen LogP contribution in [0.15, 0.2) is 53.4 Å². The zero-order valence-corrected chi connectivity index (χ0v) is 16.8. The van der Waals surface area contributed by atoms with E-state index in [9.17, 15) is 19.2 Å². The Bertz CT molecular complexity index is 1020. The molecule has 1 heterocycles. The summed E-state index contributed by atoms with van der Waals surface area (Å²) in [6.45, 7) is 1.79. The van der Waals surface area contributed by atoms with Gasteiger partial charge in [0, 0.05) is 5.69 Å². The lowest BCUT2D eigenvalue weighted by molar-refractivity contribution is -0.118. The number of nitrogens with one attached hydrogen (secondary N) is 2. The number of anilines is 1. The van der Waals surface area contributed by atoms with Crippen molar-refractivity contribution in [2.75, 3.05) is 18.5 Å². The first kappa shape index (κ1) is 21.1. The van der Waals surface area contributed by atoms with Crippen LogP contribution in [0.3, 0.4) is 0 Å². The van der Waals surface area contributed by atoms with Crippen molar-refractivity contribution >= 4 is 46.5 Å². The van der Waals surface area contributed by atoms with Gasteiger partial charge < -0.3 is 14.8 Å². The van der Waals surface area contributed by atoms with E-state index in [0.29, 0.717) is 27.5 Å². The molecule has 0 aliphatic carbocycles. The van der Waals surface area contributed by atoms with Crippen LogP contribution in [0, 0.1) is 0 Å². The number of carbonyl (C=O) groups excluding carboxylic acids is 4. The van der Waals surface area contributed by atoms with E-state index in [2.05, 4.69) is 10.6 Å². The van der Waals surface area contributed by atoms with Gasteiger partial charge in [-0.2, -0.15) is 0 Å². The molecule has 1 aliphatic heterocycles. The summed E-state index contributed by atoms with van der Waals surface area (Å²) in [5.41, 5.74) is 1.58. The third kappa shape index (κ3) is 5.71. The van der Waals surface area contributed by atoms with Crippen LogP contribution in [-0.4, -0.2) is 36.2 Å². The predicted octanol–water partition coefficient (Wildman–Crippen LogP) is 3.20. The molecular weight excluding hydrogens is 408 g/mol. The maximum absolute atomic E-state index is 12.1. The third-order valence-corrected chi connectivity index (χ3v) is 4.66. The second-order valence-corrected chi connectivity index (χ2v) is 7.07. The molecule has 1 fully saturated rings. The van der Waals surface area contributed by atoms with Crippen molar-refractivity contribution in [3.05, 3.63) is 64.6 Å². The number of thioether (sulfide) groups is 1. The van der Waals surface area contributed by atoms with Gasteiger partial charge in [0.1, 0.15) is 5.75 Å². The molecule has 0 atom stereocenters. The predicted molar refractivity (Wildman–Crippen MR) is 112 cm³/mol. The fourth-order valence-electron chi connectivity index (χ4n) is 2.52. The molecule has 0 spiro atoms. The Labute approximate surface area is 176 Å². The van der Waals surface area contributed by atoms with E-state index in [-0.39, 0.29) is 19.1 Å². The largest absolute Gasteiger partial charge is 0.484 e. The van der Waals surface area contributed by atoms with Gasteiger partial charge in [0.25, 0.3) is 17.1 Å². The Morgan fingerprint density at radius 2 is 1.90 bits per heavy atom. The number of hydrogen-bond acceptors (Lipinski definition) is 7. The molecule has 8 nitrogen and oxygen atoms in total. The first-order chi connectivity index (χ1) is 14.4. The van der Waals surface area contributed by atoms with Crippen LogP contribution >= 0.6 is 11.8 Å². The molecule has 0 bridgehead atoms. The molecule has 1 aliphatic rings. The molecule has 2 aromatic rings. The molecule has 2 aromatic carbocycles. The van der Waals surface area contributed by atoms with E-state index < -0.39 is 17.1 Å². The highest BCUT2D eigenvalue weighted by atomic mass is 32.2. The molecule has 0 radical (unpaired) electrons. The molecule has 2 N–H and O–H groups in total. The normalized spacial score (nSPS) is 14.4. The quantitative estimate of drug-likeness (QED) is 0.517. The van der Waals surface area contributed by atoms with E-state index in [0.717, 1.165) is 11.8 Å². The van der Waals surface area contributed by atoms with Crippen LogP contribution < -0.4 is 15.4 Å². The smallest absolute Gasteiger partial charge is 0.338 e. The number of amides is 3. The zero-order chi connectivity index (χ0) is 21.5. The number of imide groups is 1. The highest BCUT2D eigenvalue weighted by Crippen LogP contribution is 2.26. The topological polar surface area (TPSA) is 111 Å². The van der Waals surface area contributed by atoms with Gasteiger partial charge in [0.05, 0.1) is 17.1 Å². The van der Waals surface area contributed by atoms with E-state index in [1.54, 1.807) is 61.5 Å². The van der Waals surface area contributed by atoms with Gasteiger partial charge in [0.15, 0.2) is 6.61 Å². The summed E-state index contributed by atoms with van der Waals surface area (Å²) < 4.78 is 10.4. The van der Waals surface area contributed by atoms with Crippen molar-refractivity contribution < 1.29 is 28.7 Å². The number of ether oxygens (including phenoxy) is 2.